The monoisotopic (exact) mass is 160 g/mol. The third-order valence-electron chi connectivity index (χ3n) is 1.61. The molecule has 3 nitrogen and oxygen atoms in total. The maximum Gasteiger partial charge on any atom is 0.0728 e. The Kier molecular flexibility index (Phi) is 5.46. The summed E-state index contributed by atoms with van der Waals surface area (Å²) in [4.78, 5) is 0. The second-order valence-corrected chi connectivity index (χ2v) is 3.32. The fourth-order valence-corrected chi connectivity index (χ4v) is 0.998. The molecule has 11 heavy (non-hydrogen) atoms. The lowest BCUT2D eigenvalue weighted by atomic mass is 9.99. The van der Waals surface area contributed by atoms with Gasteiger partial charge in [-0.25, -0.2) is 0 Å². The molecule has 0 fully saturated rings. The molecular formula is C8H18NO2. The fourth-order valence-electron chi connectivity index (χ4n) is 0.998. The van der Waals surface area contributed by atoms with E-state index in [1.165, 1.54) is 0 Å². The summed E-state index contributed by atoms with van der Waals surface area (Å²) in [7, 11) is 0. The summed E-state index contributed by atoms with van der Waals surface area (Å²) in [5.41, 5.74) is 7.45. The first-order valence-corrected chi connectivity index (χ1v) is 4.08. The Labute approximate surface area is 68.2 Å². The van der Waals surface area contributed by atoms with E-state index in [4.69, 9.17) is 10.8 Å². The van der Waals surface area contributed by atoms with Crippen LogP contribution in [-0.4, -0.2) is 29.0 Å². The molecule has 0 saturated heterocycles. The van der Waals surface area contributed by atoms with E-state index in [0.717, 1.165) is 0 Å². The predicted octanol–water partition coefficient (Wildman–Crippen LogP) is 0.427. The number of rotatable bonds is 5. The molecule has 3 heteroatoms. The van der Waals surface area contributed by atoms with Crippen LogP contribution in [0.25, 0.3) is 0 Å². The van der Waals surface area contributed by atoms with Gasteiger partial charge in [-0.2, -0.15) is 0 Å². The highest BCUT2D eigenvalue weighted by molar-refractivity contribution is 4.71. The summed E-state index contributed by atoms with van der Waals surface area (Å²) in [6, 6.07) is -0.442. The van der Waals surface area contributed by atoms with Crippen LogP contribution in [0, 0.1) is 5.92 Å². The molecule has 0 aliphatic heterocycles. The van der Waals surface area contributed by atoms with Gasteiger partial charge in [0.05, 0.1) is 6.10 Å². The van der Waals surface area contributed by atoms with Crippen molar-refractivity contribution in [1.82, 2.24) is 5.73 Å². The molecule has 0 aliphatic carbocycles. The smallest absolute Gasteiger partial charge is 0.0728 e. The Bertz CT molecular complexity index is 96.1. The summed E-state index contributed by atoms with van der Waals surface area (Å²) in [5, 5.41) is 17.7. The summed E-state index contributed by atoms with van der Waals surface area (Å²) in [5.74, 6) is 0.436. The molecular weight excluding hydrogens is 142 g/mol. The van der Waals surface area contributed by atoms with Crippen LogP contribution in [0.5, 0.6) is 0 Å². The van der Waals surface area contributed by atoms with Crippen LogP contribution < -0.4 is 5.73 Å². The molecule has 0 aromatic rings. The van der Waals surface area contributed by atoms with E-state index in [9.17, 15) is 5.11 Å². The number of hydrogen-bond donors (Lipinski definition) is 2. The highest BCUT2D eigenvalue weighted by Crippen LogP contribution is 2.09. The minimum atomic E-state index is -0.664. The molecule has 2 atom stereocenters. The van der Waals surface area contributed by atoms with Gasteiger partial charge in [-0.05, 0) is 18.8 Å². The SMILES string of the molecule is CC(C)CC([NH])C(O)CCO. The average Bonchev–Trinajstić information content (AvgIpc) is 1.86. The van der Waals surface area contributed by atoms with Crippen LogP contribution in [0.1, 0.15) is 26.7 Å². The lowest BCUT2D eigenvalue weighted by molar-refractivity contribution is 0.0991. The zero-order valence-corrected chi connectivity index (χ0v) is 7.25. The van der Waals surface area contributed by atoms with Crippen molar-refractivity contribution in [3.05, 3.63) is 0 Å². The van der Waals surface area contributed by atoms with Crippen LogP contribution in [0.4, 0.5) is 0 Å². The molecule has 0 saturated carbocycles. The Balaban J connectivity index is 3.54. The van der Waals surface area contributed by atoms with E-state index >= 15 is 0 Å². The number of hydrogen-bond acceptors (Lipinski definition) is 2. The first-order chi connectivity index (χ1) is 5.07. The molecule has 0 aromatic carbocycles. The van der Waals surface area contributed by atoms with Crippen molar-refractivity contribution >= 4 is 0 Å². The lowest BCUT2D eigenvalue weighted by Crippen LogP contribution is -2.29. The van der Waals surface area contributed by atoms with Gasteiger partial charge in [0, 0.05) is 12.6 Å². The van der Waals surface area contributed by atoms with Gasteiger partial charge < -0.3 is 10.2 Å². The van der Waals surface area contributed by atoms with Crippen molar-refractivity contribution in [2.75, 3.05) is 6.61 Å². The number of nitrogens with one attached hydrogen (secondary N) is 1. The van der Waals surface area contributed by atoms with E-state index in [0.29, 0.717) is 18.8 Å². The van der Waals surface area contributed by atoms with Gasteiger partial charge in [-0.1, -0.05) is 13.8 Å². The lowest BCUT2D eigenvalue weighted by Gasteiger charge is -2.18. The molecule has 3 N–H and O–H groups in total. The van der Waals surface area contributed by atoms with Gasteiger partial charge in [0.15, 0.2) is 0 Å². The molecule has 67 valence electrons. The largest absolute Gasteiger partial charge is 0.396 e. The van der Waals surface area contributed by atoms with Gasteiger partial charge >= 0.3 is 0 Å². The van der Waals surface area contributed by atoms with Crippen LogP contribution in [-0.2, 0) is 0 Å². The van der Waals surface area contributed by atoms with E-state index in [1.54, 1.807) is 0 Å². The van der Waals surface area contributed by atoms with Crippen molar-refractivity contribution in [3.63, 3.8) is 0 Å². The molecule has 0 aliphatic rings. The van der Waals surface area contributed by atoms with Gasteiger partial charge in [0.1, 0.15) is 0 Å². The third-order valence-corrected chi connectivity index (χ3v) is 1.61. The quantitative estimate of drug-likeness (QED) is 0.612. The molecule has 1 radical (unpaired) electrons. The fraction of sp³-hybridized carbons (Fsp3) is 1.00. The van der Waals surface area contributed by atoms with E-state index in [-0.39, 0.29) is 6.61 Å². The second-order valence-electron chi connectivity index (χ2n) is 3.32. The van der Waals surface area contributed by atoms with Crippen LogP contribution in [0.15, 0.2) is 0 Å². The maximum absolute atomic E-state index is 9.22. The Morgan fingerprint density at radius 3 is 2.27 bits per heavy atom. The zero-order chi connectivity index (χ0) is 8.85. The van der Waals surface area contributed by atoms with Gasteiger partial charge in [0.2, 0.25) is 0 Å². The third kappa shape index (κ3) is 5.18. The molecule has 0 bridgehead atoms. The van der Waals surface area contributed by atoms with Crippen molar-refractivity contribution in [2.45, 2.75) is 38.8 Å². The molecule has 0 rings (SSSR count). The average molecular weight is 160 g/mol. The maximum atomic E-state index is 9.22. The Hall–Kier alpha value is -0.120. The molecule has 0 heterocycles. The van der Waals surface area contributed by atoms with Crippen LogP contribution in [0.3, 0.4) is 0 Å². The van der Waals surface area contributed by atoms with Crippen LogP contribution in [0.2, 0.25) is 0 Å². The van der Waals surface area contributed by atoms with Gasteiger partial charge in [-0.3, -0.25) is 5.73 Å². The number of aliphatic hydroxyl groups is 2. The summed E-state index contributed by atoms with van der Waals surface area (Å²) >= 11 is 0. The van der Waals surface area contributed by atoms with Gasteiger partial charge in [0.25, 0.3) is 0 Å². The van der Waals surface area contributed by atoms with Gasteiger partial charge in [-0.15, -0.1) is 0 Å². The zero-order valence-electron chi connectivity index (χ0n) is 7.25. The van der Waals surface area contributed by atoms with Crippen molar-refractivity contribution in [3.8, 4) is 0 Å². The van der Waals surface area contributed by atoms with E-state index in [1.807, 2.05) is 13.8 Å². The van der Waals surface area contributed by atoms with E-state index < -0.39 is 12.1 Å². The highest BCUT2D eigenvalue weighted by Gasteiger charge is 2.15. The van der Waals surface area contributed by atoms with Crippen molar-refractivity contribution in [1.29, 1.82) is 0 Å². The standard InChI is InChI=1S/C8H18NO2/c1-6(2)5-7(9)8(11)3-4-10/h6-11H,3-5H2,1-2H3. The normalized spacial score (nSPS) is 16.9. The molecule has 0 amide bonds. The summed E-state index contributed by atoms with van der Waals surface area (Å²) < 4.78 is 0. The first-order valence-electron chi connectivity index (χ1n) is 4.08. The highest BCUT2D eigenvalue weighted by atomic mass is 16.3. The van der Waals surface area contributed by atoms with Crippen molar-refractivity contribution < 1.29 is 10.2 Å². The summed E-state index contributed by atoms with van der Waals surface area (Å²) in [6.45, 7) is 4.01. The minimum Gasteiger partial charge on any atom is -0.396 e. The molecule has 0 spiro atoms. The minimum absolute atomic E-state index is 0.0331. The topological polar surface area (TPSA) is 64.3 Å². The Morgan fingerprint density at radius 1 is 1.36 bits per heavy atom. The Morgan fingerprint density at radius 2 is 1.91 bits per heavy atom. The van der Waals surface area contributed by atoms with E-state index in [2.05, 4.69) is 0 Å². The summed E-state index contributed by atoms with van der Waals surface area (Å²) in [6.07, 6.45) is 0.351. The number of aliphatic hydroxyl groups excluding tert-OH is 2. The predicted molar refractivity (Wildman–Crippen MR) is 44.0 cm³/mol. The van der Waals surface area contributed by atoms with Crippen LogP contribution >= 0.6 is 0 Å². The van der Waals surface area contributed by atoms with Crippen molar-refractivity contribution in [2.24, 2.45) is 5.92 Å². The first kappa shape index (κ1) is 10.9. The molecule has 0 aromatic heterocycles. The molecule has 2 unspecified atom stereocenters. The second kappa shape index (κ2) is 5.52.